The van der Waals surface area contributed by atoms with E-state index in [4.69, 9.17) is 16.1 Å². The Morgan fingerprint density at radius 1 is 1.33 bits per heavy atom. The molecule has 0 radical (unpaired) electrons. The van der Waals surface area contributed by atoms with Gasteiger partial charge in [-0.25, -0.2) is 0 Å². The van der Waals surface area contributed by atoms with Crippen LogP contribution in [0.25, 0.3) is 11.4 Å². The lowest BCUT2D eigenvalue weighted by molar-refractivity contribution is 0.0827. The summed E-state index contributed by atoms with van der Waals surface area (Å²) in [5.41, 5.74) is 1.40. The zero-order valence-corrected chi connectivity index (χ0v) is 10.8. The first-order valence-corrected chi connectivity index (χ1v) is 5.86. The summed E-state index contributed by atoms with van der Waals surface area (Å²) in [5, 5.41) is 3.80. The minimum atomic E-state index is -0.0453. The van der Waals surface area contributed by atoms with Crippen molar-refractivity contribution in [2.45, 2.75) is 5.88 Å². The smallest absolute Gasteiger partial charge is 0.253 e. The number of amides is 1. The number of carbonyl (C=O) groups is 1. The maximum absolute atomic E-state index is 11.7. The summed E-state index contributed by atoms with van der Waals surface area (Å²) in [6.45, 7) is 0. The van der Waals surface area contributed by atoms with Crippen LogP contribution in [0.5, 0.6) is 0 Å². The third-order valence-electron chi connectivity index (χ3n) is 2.38. The predicted octanol–water partition coefficient (Wildman–Crippen LogP) is 2.18. The number of benzene rings is 1. The van der Waals surface area contributed by atoms with Gasteiger partial charge in [0, 0.05) is 25.2 Å². The Morgan fingerprint density at radius 2 is 2.00 bits per heavy atom. The topological polar surface area (TPSA) is 59.2 Å². The van der Waals surface area contributed by atoms with Crippen LogP contribution in [-0.2, 0) is 5.88 Å². The lowest BCUT2D eigenvalue weighted by Crippen LogP contribution is -2.21. The molecule has 2 rings (SSSR count). The number of aromatic nitrogens is 2. The van der Waals surface area contributed by atoms with Crippen LogP contribution in [0.2, 0.25) is 0 Å². The van der Waals surface area contributed by atoms with Gasteiger partial charge >= 0.3 is 0 Å². The monoisotopic (exact) mass is 265 g/mol. The van der Waals surface area contributed by atoms with Crippen LogP contribution in [0, 0.1) is 0 Å². The Kier molecular flexibility index (Phi) is 3.62. The molecule has 1 aromatic heterocycles. The highest BCUT2D eigenvalue weighted by Crippen LogP contribution is 2.17. The Hall–Kier alpha value is -1.88. The van der Waals surface area contributed by atoms with Crippen molar-refractivity contribution in [3.63, 3.8) is 0 Å². The van der Waals surface area contributed by atoms with E-state index in [9.17, 15) is 4.79 Å². The van der Waals surface area contributed by atoms with Crippen LogP contribution in [-0.4, -0.2) is 35.0 Å². The van der Waals surface area contributed by atoms with Crippen molar-refractivity contribution in [1.82, 2.24) is 15.0 Å². The molecule has 0 spiro atoms. The second-order valence-electron chi connectivity index (χ2n) is 3.92. The average molecular weight is 266 g/mol. The summed E-state index contributed by atoms with van der Waals surface area (Å²) in [6.07, 6.45) is 0. The summed E-state index contributed by atoms with van der Waals surface area (Å²) < 4.78 is 4.92. The van der Waals surface area contributed by atoms with Gasteiger partial charge in [0.1, 0.15) is 5.88 Å². The normalized spacial score (nSPS) is 10.4. The molecule has 0 atom stereocenters. The first-order chi connectivity index (χ1) is 8.61. The summed E-state index contributed by atoms with van der Waals surface area (Å²) in [4.78, 5) is 17.3. The first-order valence-electron chi connectivity index (χ1n) is 5.32. The fraction of sp³-hybridized carbons (Fsp3) is 0.250. The molecule has 94 valence electrons. The Balaban J connectivity index is 2.24. The van der Waals surface area contributed by atoms with Crippen molar-refractivity contribution in [1.29, 1.82) is 0 Å². The first kappa shape index (κ1) is 12.6. The standard InChI is InChI=1S/C12H12ClN3O2/c1-16(2)12(17)9-5-3-8(4-6-9)11-14-10(7-13)18-15-11/h3-6H,7H2,1-2H3. The van der Waals surface area contributed by atoms with Crippen molar-refractivity contribution >= 4 is 17.5 Å². The number of rotatable bonds is 3. The van der Waals surface area contributed by atoms with Crippen LogP contribution in [0.4, 0.5) is 0 Å². The largest absolute Gasteiger partial charge is 0.345 e. The summed E-state index contributed by atoms with van der Waals surface area (Å²) in [7, 11) is 3.42. The van der Waals surface area contributed by atoms with E-state index in [0.29, 0.717) is 17.3 Å². The Morgan fingerprint density at radius 3 is 2.50 bits per heavy atom. The highest BCUT2D eigenvalue weighted by molar-refractivity contribution is 6.16. The summed E-state index contributed by atoms with van der Waals surface area (Å²) >= 11 is 5.58. The van der Waals surface area contributed by atoms with Crippen molar-refractivity contribution in [2.24, 2.45) is 0 Å². The van der Waals surface area contributed by atoms with Crippen LogP contribution in [0.15, 0.2) is 28.8 Å². The number of carbonyl (C=O) groups excluding carboxylic acids is 1. The van der Waals surface area contributed by atoms with E-state index < -0.39 is 0 Å². The lowest BCUT2D eigenvalue weighted by atomic mass is 10.1. The third kappa shape index (κ3) is 2.51. The van der Waals surface area contributed by atoms with Gasteiger partial charge in [-0.1, -0.05) is 17.3 Å². The van der Waals surface area contributed by atoms with E-state index in [0.717, 1.165) is 5.56 Å². The molecule has 0 saturated heterocycles. The molecule has 5 nitrogen and oxygen atoms in total. The average Bonchev–Trinajstić information content (AvgIpc) is 2.86. The van der Waals surface area contributed by atoms with Gasteiger partial charge in [0.25, 0.3) is 5.91 Å². The Bertz CT molecular complexity index is 549. The number of halogens is 1. The third-order valence-corrected chi connectivity index (χ3v) is 2.61. The molecule has 0 aliphatic carbocycles. The highest BCUT2D eigenvalue weighted by Gasteiger charge is 2.10. The van der Waals surface area contributed by atoms with Gasteiger partial charge in [0.2, 0.25) is 11.7 Å². The van der Waals surface area contributed by atoms with Crippen molar-refractivity contribution in [3.05, 3.63) is 35.7 Å². The van der Waals surface area contributed by atoms with E-state index >= 15 is 0 Å². The van der Waals surface area contributed by atoms with Crippen LogP contribution in [0.1, 0.15) is 16.2 Å². The van der Waals surface area contributed by atoms with E-state index in [-0.39, 0.29) is 11.8 Å². The quantitative estimate of drug-likeness (QED) is 0.798. The molecule has 2 aromatic rings. The molecule has 6 heteroatoms. The van der Waals surface area contributed by atoms with E-state index in [2.05, 4.69) is 10.1 Å². The predicted molar refractivity (Wildman–Crippen MR) is 67.3 cm³/mol. The summed E-state index contributed by atoms with van der Waals surface area (Å²) in [6, 6.07) is 7.02. The van der Waals surface area contributed by atoms with E-state index in [1.54, 1.807) is 38.4 Å². The van der Waals surface area contributed by atoms with Gasteiger partial charge in [-0.3, -0.25) is 4.79 Å². The van der Waals surface area contributed by atoms with Crippen LogP contribution in [0.3, 0.4) is 0 Å². The maximum Gasteiger partial charge on any atom is 0.253 e. The van der Waals surface area contributed by atoms with Gasteiger partial charge in [-0.2, -0.15) is 4.98 Å². The van der Waals surface area contributed by atoms with Gasteiger partial charge in [-0.05, 0) is 12.1 Å². The maximum atomic E-state index is 11.7. The molecule has 0 fully saturated rings. The number of nitrogens with zero attached hydrogens (tertiary/aromatic N) is 3. The van der Waals surface area contributed by atoms with Gasteiger partial charge < -0.3 is 9.42 Å². The molecule has 1 aromatic carbocycles. The zero-order valence-electron chi connectivity index (χ0n) is 10.1. The van der Waals surface area contributed by atoms with Crippen molar-refractivity contribution < 1.29 is 9.32 Å². The van der Waals surface area contributed by atoms with Crippen molar-refractivity contribution in [3.8, 4) is 11.4 Å². The minimum absolute atomic E-state index is 0.0453. The Labute approximate surface area is 109 Å². The summed E-state index contributed by atoms with van der Waals surface area (Å²) in [5.74, 6) is 0.982. The molecule has 0 bridgehead atoms. The molecule has 0 unspecified atom stereocenters. The van der Waals surface area contributed by atoms with Gasteiger partial charge in [0.15, 0.2) is 0 Å². The molecule has 18 heavy (non-hydrogen) atoms. The van der Waals surface area contributed by atoms with Crippen LogP contribution >= 0.6 is 11.6 Å². The van der Waals surface area contributed by atoms with E-state index in [1.165, 1.54) is 4.90 Å². The second-order valence-corrected chi connectivity index (χ2v) is 4.19. The SMILES string of the molecule is CN(C)C(=O)c1ccc(-c2noc(CCl)n2)cc1. The molecule has 1 amide bonds. The van der Waals surface area contributed by atoms with Gasteiger partial charge in [-0.15, -0.1) is 11.6 Å². The van der Waals surface area contributed by atoms with Gasteiger partial charge in [0.05, 0.1) is 0 Å². The number of alkyl halides is 1. The molecular formula is C12H12ClN3O2. The zero-order chi connectivity index (χ0) is 13.1. The molecule has 1 heterocycles. The lowest BCUT2D eigenvalue weighted by Gasteiger charge is -2.09. The fourth-order valence-electron chi connectivity index (χ4n) is 1.45. The minimum Gasteiger partial charge on any atom is -0.345 e. The van der Waals surface area contributed by atoms with Crippen LogP contribution < -0.4 is 0 Å². The molecule has 0 N–H and O–H groups in total. The number of hydrogen-bond donors (Lipinski definition) is 0. The van der Waals surface area contributed by atoms with Crippen molar-refractivity contribution in [2.75, 3.05) is 14.1 Å². The number of hydrogen-bond acceptors (Lipinski definition) is 4. The molecular weight excluding hydrogens is 254 g/mol. The molecule has 0 aliphatic heterocycles. The second kappa shape index (κ2) is 5.18. The molecule has 0 aliphatic rings. The molecule has 0 saturated carbocycles. The van der Waals surface area contributed by atoms with E-state index in [1.807, 2.05) is 0 Å². The highest BCUT2D eigenvalue weighted by atomic mass is 35.5. The fourth-order valence-corrected chi connectivity index (χ4v) is 1.56.